The molecule has 0 aliphatic carbocycles. The maximum Gasteiger partial charge on any atom is 0.0478 e. The molecule has 0 aromatic carbocycles. The van der Waals surface area contributed by atoms with Crippen molar-refractivity contribution in [3.05, 3.63) is 0 Å². The second-order valence-corrected chi connectivity index (χ2v) is 3.78. The summed E-state index contributed by atoms with van der Waals surface area (Å²) < 4.78 is 10.9. The van der Waals surface area contributed by atoms with Gasteiger partial charge in [0.2, 0.25) is 0 Å². The van der Waals surface area contributed by atoms with Crippen LogP contribution < -0.4 is 11.1 Å². The zero-order valence-electron chi connectivity index (χ0n) is 10.7. The van der Waals surface area contributed by atoms with E-state index in [4.69, 9.17) is 15.2 Å². The van der Waals surface area contributed by atoms with E-state index in [1.54, 1.807) is 0 Å². The van der Waals surface area contributed by atoms with Crippen molar-refractivity contribution in [3.8, 4) is 0 Å². The van der Waals surface area contributed by atoms with Crippen LogP contribution in [0.5, 0.6) is 0 Å². The number of ether oxygens (including phenoxy) is 2. The normalized spacial score (nSPS) is 10.9. The van der Waals surface area contributed by atoms with E-state index < -0.39 is 0 Å². The van der Waals surface area contributed by atoms with Gasteiger partial charge in [0.05, 0.1) is 0 Å². The standard InChI is InChI=1S/C12H28N2O2/c1-2-14-8-6-12-16-10-4-3-9-15-11-5-7-13/h14H,2-13H2,1H3. The maximum absolute atomic E-state index is 5.49. The van der Waals surface area contributed by atoms with Gasteiger partial charge >= 0.3 is 0 Å². The van der Waals surface area contributed by atoms with Gasteiger partial charge in [-0.25, -0.2) is 0 Å². The van der Waals surface area contributed by atoms with Gasteiger partial charge in [-0.1, -0.05) is 6.92 Å². The molecule has 98 valence electrons. The predicted molar refractivity (Wildman–Crippen MR) is 67.7 cm³/mol. The molecule has 0 unspecified atom stereocenters. The Morgan fingerprint density at radius 3 is 2.00 bits per heavy atom. The highest BCUT2D eigenvalue weighted by atomic mass is 16.5. The van der Waals surface area contributed by atoms with Crippen LogP contribution in [0.2, 0.25) is 0 Å². The number of unbranched alkanes of at least 4 members (excludes halogenated alkanes) is 1. The number of nitrogens with one attached hydrogen (secondary N) is 1. The van der Waals surface area contributed by atoms with Crippen molar-refractivity contribution in [2.45, 2.75) is 32.6 Å². The fourth-order valence-electron chi connectivity index (χ4n) is 1.27. The molecule has 0 atom stereocenters. The Morgan fingerprint density at radius 1 is 0.875 bits per heavy atom. The minimum atomic E-state index is 0.717. The molecule has 16 heavy (non-hydrogen) atoms. The van der Waals surface area contributed by atoms with Crippen LogP contribution in [0.1, 0.15) is 32.6 Å². The van der Waals surface area contributed by atoms with E-state index >= 15 is 0 Å². The average molecular weight is 232 g/mol. The van der Waals surface area contributed by atoms with Crippen LogP contribution in [0.25, 0.3) is 0 Å². The lowest BCUT2D eigenvalue weighted by Gasteiger charge is -2.05. The molecule has 4 nitrogen and oxygen atoms in total. The SMILES string of the molecule is CCNCCCOCCCCOCCCN. The topological polar surface area (TPSA) is 56.5 Å². The number of rotatable bonds is 13. The molecular formula is C12H28N2O2. The Kier molecular flexibility index (Phi) is 14.7. The van der Waals surface area contributed by atoms with Crippen molar-refractivity contribution < 1.29 is 9.47 Å². The third kappa shape index (κ3) is 13.8. The van der Waals surface area contributed by atoms with E-state index in [9.17, 15) is 0 Å². The Labute approximate surface area is 99.9 Å². The molecule has 0 bridgehead atoms. The van der Waals surface area contributed by atoms with Gasteiger partial charge in [-0.2, -0.15) is 0 Å². The minimum Gasteiger partial charge on any atom is -0.381 e. The molecule has 0 spiro atoms. The third-order valence-electron chi connectivity index (χ3n) is 2.21. The summed E-state index contributed by atoms with van der Waals surface area (Å²) in [5, 5.41) is 3.27. The van der Waals surface area contributed by atoms with Crippen LogP contribution in [-0.2, 0) is 9.47 Å². The van der Waals surface area contributed by atoms with Crippen LogP contribution in [0.3, 0.4) is 0 Å². The summed E-state index contributed by atoms with van der Waals surface area (Å²) in [6.45, 7) is 8.27. The fraction of sp³-hybridized carbons (Fsp3) is 1.00. The smallest absolute Gasteiger partial charge is 0.0478 e. The van der Waals surface area contributed by atoms with Crippen molar-refractivity contribution in [2.75, 3.05) is 46.1 Å². The molecule has 0 fully saturated rings. The molecule has 0 radical (unpaired) electrons. The quantitative estimate of drug-likeness (QED) is 0.468. The molecule has 0 aromatic heterocycles. The number of hydrogen-bond acceptors (Lipinski definition) is 4. The summed E-state index contributed by atoms with van der Waals surface area (Å²) in [5.74, 6) is 0. The lowest BCUT2D eigenvalue weighted by molar-refractivity contribution is 0.101. The summed E-state index contributed by atoms with van der Waals surface area (Å²) in [7, 11) is 0. The molecule has 0 aliphatic heterocycles. The summed E-state index contributed by atoms with van der Waals surface area (Å²) in [4.78, 5) is 0. The monoisotopic (exact) mass is 232 g/mol. The highest BCUT2D eigenvalue weighted by molar-refractivity contribution is 4.44. The van der Waals surface area contributed by atoms with Crippen molar-refractivity contribution in [2.24, 2.45) is 5.73 Å². The Bertz CT molecular complexity index is 110. The van der Waals surface area contributed by atoms with E-state index in [2.05, 4.69) is 12.2 Å². The minimum absolute atomic E-state index is 0.717. The number of hydrogen-bond donors (Lipinski definition) is 2. The van der Waals surface area contributed by atoms with Gasteiger partial charge < -0.3 is 20.5 Å². The molecule has 0 rings (SSSR count). The molecule has 0 saturated heterocycles. The summed E-state index contributed by atoms with van der Waals surface area (Å²) in [5.41, 5.74) is 5.35. The molecule has 0 saturated carbocycles. The second kappa shape index (κ2) is 14.8. The molecule has 0 aromatic rings. The fourth-order valence-corrected chi connectivity index (χ4v) is 1.27. The highest BCUT2D eigenvalue weighted by Crippen LogP contribution is 1.93. The Balaban J connectivity index is 2.83. The first-order chi connectivity index (χ1) is 7.91. The molecular weight excluding hydrogens is 204 g/mol. The van der Waals surface area contributed by atoms with Crippen molar-refractivity contribution in [1.29, 1.82) is 0 Å². The third-order valence-corrected chi connectivity index (χ3v) is 2.21. The molecule has 0 aliphatic rings. The molecule has 4 heteroatoms. The van der Waals surface area contributed by atoms with Crippen molar-refractivity contribution in [3.63, 3.8) is 0 Å². The first-order valence-corrected chi connectivity index (χ1v) is 6.48. The second-order valence-electron chi connectivity index (χ2n) is 3.78. The highest BCUT2D eigenvalue weighted by Gasteiger charge is 1.91. The largest absolute Gasteiger partial charge is 0.381 e. The number of nitrogens with two attached hydrogens (primary N) is 1. The van der Waals surface area contributed by atoms with Gasteiger partial charge in [-0.05, 0) is 45.3 Å². The molecule has 0 amide bonds. The summed E-state index contributed by atoms with van der Waals surface area (Å²) >= 11 is 0. The van der Waals surface area contributed by atoms with Gasteiger partial charge in [-0.15, -0.1) is 0 Å². The van der Waals surface area contributed by atoms with Crippen LogP contribution in [0.4, 0.5) is 0 Å². The van der Waals surface area contributed by atoms with Crippen LogP contribution >= 0.6 is 0 Å². The van der Waals surface area contributed by atoms with Gasteiger partial charge in [-0.3, -0.25) is 0 Å². The average Bonchev–Trinajstić information content (AvgIpc) is 2.31. The lowest BCUT2D eigenvalue weighted by Crippen LogP contribution is -2.15. The van der Waals surface area contributed by atoms with E-state index in [1.807, 2.05) is 0 Å². The lowest BCUT2D eigenvalue weighted by atomic mass is 10.3. The Hall–Kier alpha value is -0.160. The van der Waals surface area contributed by atoms with E-state index in [0.29, 0.717) is 0 Å². The van der Waals surface area contributed by atoms with Crippen LogP contribution in [-0.4, -0.2) is 46.1 Å². The summed E-state index contributed by atoms with van der Waals surface area (Å²) in [6.07, 6.45) is 4.23. The first-order valence-electron chi connectivity index (χ1n) is 6.48. The van der Waals surface area contributed by atoms with Crippen LogP contribution in [0.15, 0.2) is 0 Å². The van der Waals surface area contributed by atoms with Gasteiger partial charge in [0, 0.05) is 26.4 Å². The van der Waals surface area contributed by atoms with Gasteiger partial charge in [0.15, 0.2) is 0 Å². The predicted octanol–water partition coefficient (Wildman–Crippen LogP) is 1.15. The van der Waals surface area contributed by atoms with Crippen LogP contribution in [0, 0.1) is 0 Å². The van der Waals surface area contributed by atoms with Gasteiger partial charge in [0.25, 0.3) is 0 Å². The first kappa shape index (κ1) is 15.8. The van der Waals surface area contributed by atoms with Crippen molar-refractivity contribution >= 4 is 0 Å². The molecule has 0 heterocycles. The maximum atomic E-state index is 5.49. The molecule has 3 N–H and O–H groups in total. The zero-order chi connectivity index (χ0) is 11.9. The summed E-state index contributed by atoms with van der Waals surface area (Å²) in [6, 6.07) is 0. The van der Waals surface area contributed by atoms with E-state index in [1.165, 1.54) is 0 Å². The van der Waals surface area contributed by atoms with E-state index in [-0.39, 0.29) is 0 Å². The van der Waals surface area contributed by atoms with Crippen molar-refractivity contribution in [1.82, 2.24) is 5.32 Å². The Morgan fingerprint density at radius 2 is 1.44 bits per heavy atom. The van der Waals surface area contributed by atoms with Gasteiger partial charge in [0.1, 0.15) is 0 Å². The van der Waals surface area contributed by atoms with E-state index in [0.717, 1.165) is 71.7 Å². The zero-order valence-corrected chi connectivity index (χ0v) is 10.7.